The SMILES string of the molecule is CC/C=C\C/C=C\C/C=C\C/C=C\C/C=C\CCCCCC(=O)OC(COC(=O)CCCCCCC)COC(=O)CCCCCCCCCCCCCC/C=C\C/C=C\C/C=C\C/C=C\CC. The van der Waals surface area contributed by atoms with Gasteiger partial charge in [0.05, 0.1) is 0 Å². The molecule has 0 aliphatic heterocycles. The van der Waals surface area contributed by atoms with Crippen LogP contribution in [0.5, 0.6) is 0 Å². The largest absolute Gasteiger partial charge is 0.462 e. The number of carbonyl (C=O) groups excluding carboxylic acids is 3. The van der Waals surface area contributed by atoms with Gasteiger partial charge in [0.15, 0.2) is 6.10 Å². The van der Waals surface area contributed by atoms with Crippen molar-refractivity contribution in [1.82, 2.24) is 0 Å². The fourth-order valence-corrected chi connectivity index (χ4v) is 7.22. The summed E-state index contributed by atoms with van der Waals surface area (Å²) in [6.45, 7) is 6.29. The first kappa shape index (κ1) is 63.1. The fraction of sp³-hybridized carbons (Fsp3) is 0.656. The van der Waals surface area contributed by atoms with E-state index in [9.17, 15) is 14.4 Å². The van der Waals surface area contributed by atoms with E-state index >= 15 is 0 Å². The molecule has 0 saturated heterocycles. The minimum absolute atomic E-state index is 0.0935. The molecule has 0 saturated carbocycles. The van der Waals surface area contributed by atoms with Crippen LogP contribution in [0.2, 0.25) is 0 Å². The molecule has 0 aliphatic rings. The van der Waals surface area contributed by atoms with Gasteiger partial charge in [-0.2, -0.15) is 0 Å². The summed E-state index contributed by atoms with van der Waals surface area (Å²) in [5.74, 6) is -0.945. The summed E-state index contributed by atoms with van der Waals surface area (Å²) in [6, 6.07) is 0. The molecule has 0 N–H and O–H groups in total. The van der Waals surface area contributed by atoms with Crippen molar-refractivity contribution in [2.45, 2.75) is 245 Å². The van der Waals surface area contributed by atoms with E-state index in [2.05, 4.69) is 130 Å². The maximum absolute atomic E-state index is 12.8. The predicted octanol–water partition coefficient (Wildman–Crippen LogP) is 18.3. The highest BCUT2D eigenvalue weighted by Crippen LogP contribution is 2.15. The van der Waals surface area contributed by atoms with Crippen LogP contribution in [0.15, 0.2) is 109 Å². The normalized spacial score (nSPS) is 12.9. The van der Waals surface area contributed by atoms with Gasteiger partial charge in [0.2, 0.25) is 0 Å². The number of rotatable bonds is 48. The van der Waals surface area contributed by atoms with Gasteiger partial charge in [0, 0.05) is 19.3 Å². The van der Waals surface area contributed by atoms with Crippen LogP contribution in [0.25, 0.3) is 0 Å². The maximum atomic E-state index is 12.8. The van der Waals surface area contributed by atoms with Gasteiger partial charge < -0.3 is 14.2 Å². The predicted molar refractivity (Wildman–Crippen MR) is 288 cm³/mol. The van der Waals surface area contributed by atoms with Crippen molar-refractivity contribution in [1.29, 1.82) is 0 Å². The van der Waals surface area contributed by atoms with Gasteiger partial charge in [-0.15, -0.1) is 0 Å². The second kappa shape index (κ2) is 54.7. The zero-order valence-corrected chi connectivity index (χ0v) is 43.4. The van der Waals surface area contributed by atoms with Gasteiger partial charge >= 0.3 is 17.9 Å². The Morgan fingerprint density at radius 1 is 0.313 bits per heavy atom. The van der Waals surface area contributed by atoms with E-state index in [1.54, 1.807) is 0 Å². The summed E-state index contributed by atoms with van der Waals surface area (Å²) in [5.41, 5.74) is 0. The first-order valence-corrected chi connectivity index (χ1v) is 27.4. The lowest BCUT2D eigenvalue weighted by Crippen LogP contribution is -2.30. The van der Waals surface area contributed by atoms with E-state index in [0.717, 1.165) is 135 Å². The Kier molecular flexibility index (Phi) is 51.5. The van der Waals surface area contributed by atoms with Crippen molar-refractivity contribution in [3.05, 3.63) is 109 Å². The Hall–Kier alpha value is -3.93. The molecule has 0 radical (unpaired) electrons. The molecule has 0 spiro atoms. The summed E-state index contributed by atoms with van der Waals surface area (Å²) in [4.78, 5) is 37.7. The highest BCUT2D eigenvalue weighted by atomic mass is 16.6. The van der Waals surface area contributed by atoms with E-state index in [0.29, 0.717) is 12.8 Å². The Balaban J connectivity index is 4.17. The quantitative estimate of drug-likeness (QED) is 0.0262. The topological polar surface area (TPSA) is 78.9 Å². The zero-order chi connectivity index (χ0) is 48.6. The molecule has 0 fully saturated rings. The number of esters is 3. The highest BCUT2D eigenvalue weighted by Gasteiger charge is 2.19. The van der Waals surface area contributed by atoms with Crippen LogP contribution in [0, 0.1) is 0 Å². The summed E-state index contributed by atoms with van der Waals surface area (Å²) < 4.78 is 16.7. The van der Waals surface area contributed by atoms with Gasteiger partial charge in [-0.1, -0.05) is 226 Å². The number of allylic oxidation sites excluding steroid dienone is 18. The molecule has 6 heteroatoms. The lowest BCUT2D eigenvalue weighted by Gasteiger charge is -2.18. The Bertz CT molecular complexity index is 1390. The monoisotopic (exact) mass is 929 g/mol. The molecule has 0 aliphatic carbocycles. The van der Waals surface area contributed by atoms with Gasteiger partial charge in [0.25, 0.3) is 0 Å². The Morgan fingerprint density at radius 2 is 0.582 bits per heavy atom. The summed E-state index contributed by atoms with van der Waals surface area (Å²) in [5, 5.41) is 0. The third-order valence-corrected chi connectivity index (χ3v) is 11.3. The first-order chi connectivity index (χ1) is 33.0. The summed E-state index contributed by atoms with van der Waals surface area (Å²) in [6.07, 6.45) is 74.1. The summed E-state index contributed by atoms with van der Waals surface area (Å²) in [7, 11) is 0. The van der Waals surface area contributed by atoms with Crippen LogP contribution in [0.1, 0.15) is 239 Å². The van der Waals surface area contributed by atoms with Crippen molar-refractivity contribution in [3.63, 3.8) is 0 Å². The molecule has 0 aromatic carbocycles. The van der Waals surface area contributed by atoms with Crippen molar-refractivity contribution in [2.75, 3.05) is 13.2 Å². The fourth-order valence-electron chi connectivity index (χ4n) is 7.22. The van der Waals surface area contributed by atoms with Crippen molar-refractivity contribution in [2.24, 2.45) is 0 Å². The standard InChI is InChI=1S/C61H100O6/c1-4-7-10-13-15-17-19-21-23-25-27-28-29-30-31-32-34-35-37-39-41-43-45-48-51-54-60(63)66-57-58(56-65-59(62)53-50-47-12-9-6-3)67-61(64)55-52-49-46-44-42-40-38-36-33-26-24-22-20-18-16-14-11-8-5-2/h7-8,10-11,15-18,21-24,27-28,33,36,40,42,58H,4-6,9,12-14,19-20,25-26,29-32,34-35,37-39,41,43-57H2,1-3H3/b10-7-,11-8-,17-15-,18-16-,23-21-,24-22-,28-27-,36-33-,42-40-. The van der Waals surface area contributed by atoms with Crippen LogP contribution in [-0.2, 0) is 28.6 Å². The molecule has 67 heavy (non-hydrogen) atoms. The lowest BCUT2D eigenvalue weighted by molar-refractivity contribution is -0.167. The van der Waals surface area contributed by atoms with Gasteiger partial charge in [-0.3, -0.25) is 14.4 Å². The molecule has 1 unspecified atom stereocenters. The van der Waals surface area contributed by atoms with Gasteiger partial charge in [-0.05, 0) is 103 Å². The number of unbranched alkanes of at least 4 members (excludes halogenated alkanes) is 19. The number of carbonyl (C=O) groups is 3. The molecule has 380 valence electrons. The third kappa shape index (κ3) is 52.9. The maximum Gasteiger partial charge on any atom is 0.306 e. The molecule has 0 rings (SSSR count). The molecule has 0 amide bonds. The van der Waals surface area contributed by atoms with Crippen molar-refractivity contribution in [3.8, 4) is 0 Å². The van der Waals surface area contributed by atoms with E-state index in [-0.39, 0.29) is 37.5 Å². The average Bonchev–Trinajstić information content (AvgIpc) is 3.33. The molecule has 0 aromatic rings. The molecular weight excluding hydrogens is 829 g/mol. The summed E-state index contributed by atoms with van der Waals surface area (Å²) >= 11 is 0. The number of ether oxygens (including phenoxy) is 3. The van der Waals surface area contributed by atoms with Crippen LogP contribution in [0.4, 0.5) is 0 Å². The van der Waals surface area contributed by atoms with Crippen LogP contribution < -0.4 is 0 Å². The second-order valence-electron chi connectivity index (χ2n) is 17.7. The number of hydrogen-bond donors (Lipinski definition) is 0. The molecular formula is C61H100O6. The van der Waals surface area contributed by atoms with Gasteiger partial charge in [-0.25, -0.2) is 0 Å². The van der Waals surface area contributed by atoms with E-state index in [1.165, 1.54) is 64.2 Å². The average molecular weight is 929 g/mol. The van der Waals surface area contributed by atoms with Crippen LogP contribution in [0.3, 0.4) is 0 Å². The van der Waals surface area contributed by atoms with Crippen LogP contribution in [-0.4, -0.2) is 37.2 Å². The molecule has 0 bridgehead atoms. The number of hydrogen-bond acceptors (Lipinski definition) is 6. The van der Waals surface area contributed by atoms with E-state index in [1.807, 2.05) is 0 Å². The first-order valence-electron chi connectivity index (χ1n) is 27.4. The minimum Gasteiger partial charge on any atom is -0.462 e. The minimum atomic E-state index is -0.794. The molecule has 1 atom stereocenters. The van der Waals surface area contributed by atoms with Gasteiger partial charge in [0.1, 0.15) is 13.2 Å². The Labute approximate surface area is 412 Å². The lowest BCUT2D eigenvalue weighted by atomic mass is 10.0. The smallest absolute Gasteiger partial charge is 0.306 e. The second-order valence-corrected chi connectivity index (χ2v) is 17.7. The molecule has 0 heterocycles. The van der Waals surface area contributed by atoms with E-state index < -0.39 is 6.10 Å². The molecule has 0 aromatic heterocycles. The van der Waals surface area contributed by atoms with Crippen molar-refractivity contribution >= 4 is 17.9 Å². The Morgan fingerprint density at radius 3 is 0.925 bits per heavy atom. The molecule has 6 nitrogen and oxygen atoms in total. The zero-order valence-electron chi connectivity index (χ0n) is 43.4. The third-order valence-electron chi connectivity index (χ3n) is 11.3. The van der Waals surface area contributed by atoms with Crippen molar-refractivity contribution < 1.29 is 28.6 Å². The highest BCUT2D eigenvalue weighted by molar-refractivity contribution is 5.71. The van der Waals surface area contributed by atoms with E-state index in [4.69, 9.17) is 14.2 Å². The van der Waals surface area contributed by atoms with Crippen LogP contribution >= 0.6 is 0 Å².